The predicted octanol–water partition coefficient (Wildman–Crippen LogP) is 4.25. The van der Waals surface area contributed by atoms with Gasteiger partial charge in [0.2, 0.25) is 23.6 Å². The molecule has 0 spiro atoms. The van der Waals surface area contributed by atoms with Crippen LogP contribution in [0.2, 0.25) is 0 Å². The first-order valence-corrected chi connectivity index (χ1v) is 21.3. The van der Waals surface area contributed by atoms with Gasteiger partial charge in [0.05, 0.1) is 36.4 Å². The Morgan fingerprint density at radius 2 is 0.938 bits per heavy atom. The molecular weight excluding hydrogens is 830 g/mol. The lowest BCUT2D eigenvalue weighted by Crippen LogP contribution is -2.56. The van der Waals surface area contributed by atoms with Crippen molar-refractivity contribution in [1.82, 2.24) is 20.4 Å². The van der Waals surface area contributed by atoms with Crippen molar-refractivity contribution in [3.63, 3.8) is 0 Å². The van der Waals surface area contributed by atoms with Crippen LogP contribution in [0.1, 0.15) is 113 Å². The molecule has 3 aromatic carbocycles. The summed E-state index contributed by atoms with van der Waals surface area (Å²) in [5.74, 6) is -2.95. The molecule has 0 aliphatic carbocycles. The molecule has 18 heteroatoms. The van der Waals surface area contributed by atoms with Crippen LogP contribution < -0.4 is 27.0 Å². The number of likely N-dealkylation sites (tertiary alicyclic amines) is 2. The summed E-state index contributed by atoms with van der Waals surface area (Å²) in [5.41, 5.74) is 12.7. The van der Waals surface area contributed by atoms with Gasteiger partial charge in [-0.05, 0) is 72.2 Å². The van der Waals surface area contributed by atoms with Crippen LogP contribution in [0.3, 0.4) is 0 Å². The summed E-state index contributed by atoms with van der Waals surface area (Å²) < 4.78 is 14.3. The zero-order valence-corrected chi connectivity index (χ0v) is 36.3. The van der Waals surface area contributed by atoms with Gasteiger partial charge in [0, 0.05) is 42.4 Å². The third-order valence-corrected chi connectivity index (χ3v) is 12.9. The lowest BCUT2D eigenvalue weighted by atomic mass is 9.80. The van der Waals surface area contributed by atoms with Gasteiger partial charge < -0.3 is 57.2 Å². The van der Waals surface area contributed by atoms with Gasteiger partial charge in [0.25, 0.3) is 0 Å². The molecule has 17 nitrogen and oxygen atoms in total. The van der Waals surface area contributed by atoms with Gasteiger partial charge in [0.1, 0.15) is 17.9 Å². The molecule has 64 heavy (non-hydrogen) atoms. The number of carbonyl (C=O) groups is 6. The summed E-state index contributed by atoms with van der Waals surface area (Å²) >= 11 is 0. The molecule has 344 valence electrons. The van der Waals surface area contributed by atoms with Gasteiger partial charge in [-0.25, -0.2) is 14.0 Å². The molecule has 0 unspecified atom stereocenters. The van der Waals surface area contributed by atoms with Crippen LogP contribution in [0, 0.1) is 16.6 Å². The van der Waals surface area contributed by atoms with Gasteiger partial charge in [-0.15, -0.1) is 0 Å². The molecule has 3 fully saturated rings. The predicted molar refractivity (Wildman–Crippen MR) is 232 cm³/mol. The normalized spacial score (nSPS) is 23.4. The number of β-amino-alcohol motifs (C(OH)–C–C–N with tert-alkyl or cyclic N) is 2. The van der Waals surface area contributed by atoms with E-state index in [-0.39, 0.29) is 50.9 Å². The van der Waals surface area contributed by atoms with E-state index in [1.54, 1.807) is 39.8 Å². The fraction of sp³-hybridized carbons (Fsp3) is 0.478. The number of rotatable bonds is 15. The second kappa shape index (κ2) is 18.8. The first kappa shape index (κ1) is 47.2. The second-order valence-electron chi connectivity index (χ2n) is 18.6. The van der Waals surface area contributed by atoms with E-state index in [2.05, 4.69) is 15.5 Å². The number of anilines is 1. The lowest BCUT2D eigenvalue weighted by molar-refractivity contribution is -0.139. The largest absolute Gasteiger partial charge is 0.465 e. The monoisotopic (exact) mass is 887 g/mol. The molecule has 3 saturated heterocycles. The topological polar surface area (TPSA) is 269 Å². The Kier molecular flexibility index (Phi) is 13.9. The maximum absolute atomic E-state index is 14.3. The number of nitrogens with one attached hydrogen (secondary N) is 2. The average Bonchev–Trinajstić information content (AvgIpc) is 3.94. The fourth-order valence-corrected chi connectivity index (χ4v) is 9.93. The maximum Gasteiger partial charge on any atom is 0.405 e. The molecule has 3 aliphatic heterocycles. The number of aliphatic hydroxyl groups is 2. The SMILES string of the molecule is CC(C)(CC(N)=O)[C@H](NC(=O)O)C(=O)N1C[C@@H](O)C[C@H]1c1ccc([C@@H]2CC[C@@H](c3ccc([C@@H]4C[C@H](O)CN4C(=O)[C@@H](NC(=O)O)C(C)(C)CC(N)=O)cc3)N2c2ccc(F)cc2)cc1. The van der Waals surface area contributed by atoms with E-state index in [4.69, 9.17) is 11.5 Å². The van der Waals surface area contributed by atoms with E-state index in [1.165, 1.54) is 21.9 Å². The molecule has 0 radical (unpaired) electrons. The van der Waals surface area contributed by atoms with Crippen molar-refractivity contribution >= 4 is 41.5 Å². The summed E-state index contributed by atoms with van der Waals surface area (Å²) in [7, 11) is 0. The Bertz CT molecular complexity index is 2090. The Morgan fingerprint density at radius 3 is 1.25 bits per heavy atom. The molecule has 8 atom stereocenters. The van der Waals surface area contributed by atoms with Crippen molar-refractivity contribution in [3.05, 3.63) is 101 Å². The van der Waals surface area contributed by atoms with Crippen LogP contribution in [0.15, 0.2) is 72.8 Å². The number of nitrogens with two attached hydrogens (primary N) is 2. The quantitative estimate of drug-likeness (QED) is 0.107. The van der Waals surface area contributed by atoms with Crippen LogP contribution in [0.5, 0.6) is 0 Å². The number of hydrogen-bond donors (Lipinski definition) is 8. The Balaban J connectivity index is 1.26. The van der Waals surface area contributed by atoms with Crippen molar-refractivity contribution in [1.29, 1.82) is 0 Å². The zero-order chi connectivity index (χ0) is 46.8. The molecule has 6 amide bonds. The van der Waals surface area contributed by atoms with Gasteiger partial charge in [-0.2, -0.15) is 0 Å². The second-order valence-corrected chi connectivity index (χ2v) is 18.6. The maximum atomic E-state index is 14.3. The van der Waals surface area contributed by atoms with Crippen molar-refractivity contribution in [2.24, 2.45) is 22.3 Å². The highest BCUT2D eigenvalue weighted by Gasteiger charge is 2.47. The number of halogens is 1. The fourth-order valence-electron chi connectivity index (χ4n) is 9.93. The number of amides is 6. The number of aliphatic hydroxyl groups excluding tert-OH is 2. The van der Waals surface area contributed by atoms with Crippen LogP contribution in [-0.4, -0.2) is 103 Å². The summed E-state index contributed by atoms with van der Waals surface area (Å²) in [5, 5.41) is 45.3. The molecule has 0 saturated carbocycles. The van der Waals surface area contributed by atoms with Crippen molar-refractivity contribution in [2.75, 3.05) is 18.0 Å². The van der Waals surface area contributed by atoms with Gasteiger partial charge in [0.15, 0.2) is 0 Å². The number of nitrogens with zero attached hydrogens (tertiary/aromatic N) is 3. The highest BCUT2D eigenvalue weighted by atomic mass is 19.1. The summed E-state index contributed by atoms with van der Waals surface area (Å²) in [6.07, 6.45) is -3.29. The summed E-state index contributed by atoms with van der Waals surface area (Å²) in [6.45, 7) is 6.25. The molecule has 0 aromatic heterocycles. The van der Waals surface area contributed by atoms with Crippen LogP contribution >= 0.6 is 0 Å². The van der Waals surface area contributed by atoms with E-state index in [0.29, 0.717) is 12.8 Å². The van der Waals surface area contributed by atoms with E-state index in [1.807, 2.05) is 48.5 Å². The molecular formula is C46H58FN7O10. The first-order valence-electron chi connectivity index (χ1n) is 21.3. The first-order chi connectivity index (χ1) is 30.1. The van der Waals surface area contributed by atoms with Gasteiger partial charge >= 0.3 is 12.2 Å². The third-order valence-electron chi connectivity index (χ3n) is 12.9. The van der Waals surface area contributed by atoms with Crippen LogP contribution in [0.25, 0.3) is 0 Å². The molecule has 3 aromatic rings. The number of hydrogen-bond acceptors (Lipinski definition) is 9. The van der Waals surface area contributed by atoms with E-state index in [0.717, 1.165) is 27.9 Å². The number of primary amides is 2. The molecule has 3 aliphatic rings. The Labute approximate surface area is 370 Å². The zero-order valence-electron chi connectivity index (χ0n) is 36.3. The number of carbonyl (C=O) groups excluding carboxylic acids is 4. The molecule has 10 N–H and O–H groups in total. The molecule has 6 rings (SSSR count). The number of carboxylic acid groups (broad SMARTS) is 2. The third kappa shape index (κ3) is 10.4. The highest BCUT2D eigenvalue weighted by Crippen LogP contribution is 2.48. The lowest BCUT2D eigenvalue weighted by Gasteiger charge is -2.37. The minimum Gasteiger partial charge on any atom is -0.465 e. The van der Waals surface area contributed by atoms with Crippen LogP contribution in [0.4, 0.5) is 19.7 Å². The summed E-state index contributed by atoms with van der Waals surface area (Å²) in [6, 6.07) is 17.4. The highest BCUT2D eigenvalue weighted by molar-refractivity contribution is 5.89. The van der Waals surface area contributed by atoms with Crippen molar-refractivity contribution < 1.29 is 53.6 Å². The Morgan fingerprint density at radius 1 is 0.609 bits per heavy atom. The average molecular weight is 888 g/mol. The summed E-state index contributed by atoms with van der Waals surface area (Å²) in [4.78, 5) is 80.5. The van der Waals surface area contributed by atoms with E-state index < -0.39 is 88.8 Å². The van der Waals surface area contributed by atoms with Crippen molar-refractivity contribution in [3.8, 4) is 0 Å². The molecule has 0 bridgehead atoms. The number of benzene rings is 3. The standard InChI is InChI=1S/C46H58FN7O10/c1-45(2,21-37(48)57)39(50-43(61)62)41(59)52-23-31(55)19-35(52)27-9-5-25(6-10-27)33-17-18-34(54(33)30-15-13-29(47)14-16-30)26-7-11-28(12-8-26)36-20-32(56)24-53(36)42(60)40(51-44(63)64)46(3,4)22-38(49)58/h5-16,31-36,39-40,50-51,55-56H,17-24H2,1-4H3,(H2,48,57)(H2,49,58)(H,61,62)(H,63,64)/t31-,32-,33-,34-,35-,36-,39+,40+/m0/s1. The van der Waals surface area contributed by atoms with Crippen LogP contribution in [-0.2, 0) is 19.2 Å². The van der Waals surface area contributed by atoms with Gasteiger partial charge in [-0.3, -0.25) is 19.2 Å². The Hall–Kier alpha value is -6.27. The van der Waals surface area contributed by atoms with E-state index >= 15 is 0 Å². The van der Waals surface area contributed by atoms with Gasteiger partial charge in [-0.1, -0.05) is 76.2 Å². The minimum atomic E-state index is -1.44. The molecule has 3 heterocycles. The van der Waals surface area contributed by atoms with E-state index in [9.17, 15) is 53.6 Å². The van der Waals surface area contributed by atoms with Crippen molar-refractivity contribution in [2.45, 2.75) is 115 Å². The smallest absolute Gasteiger partial charge is 0.405 e. The minimum absolute atomic E-state index is 0.0373.